The minimum absolute atomic E-state index is 0.0832. The van der Waals surface area contributed by atoms with Gasteiger partial charge in [-0.2, -0.15) is 8.57 Å². The van der Waals surface area contributed by atoms with Gasteiger partial charge >= 0.3 is 5.97 Å². The lowest BCUT2D eigenvalue weighted by molar-refractivity contribution is 0.0600. The van der Waals surface area contributed by atoms with E-state index in [0.29, 0.717) is 0 Å². The Balaban J connectivity index is 3.12. The molecule has 1 aromatic rings. The van der Waals surface area contributed by atoms with Crippen molar-refractivity contribution in [2.24, 2.45) is 4.36 Å². The number of halogens is 1. The van der Waals surface area contributed by atoms with Gasteiger partial charge in [-0.15, -0.1) is 0 Å². The van der Waals surface area contributed by atoms with E-state index in [9.17, 15) is 13.4 Å². The summed E-state index contributed by atoms with van der Waals surface area (Å²) in [4.78, 5) is 10.9. The molecule has 0 unspecified atom stereocenters. The molecule has 0 aromatic heterocycles. The fraction of sp³-hybridized carbons (Fsp3) is 0.125. The highest BCUT2D eigenvalue weighted by atomic mass is 32.1. The average Bonchev–Trinajstić information content (AvgIpc) is 2.20. The summed E-state index contributed by atoms with van der Waals surface area (Å²) < 4.78 is 30.8. The van der Waals surface area contributed by atoms with Crippen molar-refractivity contribution in [3.63, 3.8) is 0 Å². The third-order valence-corrected chi connectivity index (χ3v) is 1.78. The first-order valence-corrected chi connectivity index (χ1v) is 4.26. The van der Waals surface area contributed by atoms with E-state index in [1.54, 1.807) is 0 Å². The van der Waals surface area contributed by atoms with Crippen molar-refractivity contribution < 1.29 is 18.1 Å². The number of rotatable bonds is 2. The van der Waals surface area contributed by atoms with Crippen LogP contribution in [0.25, 0.3) is 0 Å². The van der Waals surface area contributed by atoms with Gasteiger partial charge in [0.2, 0.25) is 11.5 Å². The lowest BCUT2D eigenvalue weighted by Crippen LogP contribution is -2.01. The zero-order chi connectivity index (χ0) is 10.6. The smallest absolute Gasteiger partial charge is 0.337 e. The first kappa shape index (κ1) is 10.5. The number of hydrogen-bond donors (Lipinski definition) is 0. The lowest BCUT2D eigenvalue weighted by Gasteiger charge is -1.99. The minimum atomic E-state index is -0.726. The molecule has 0 spiro atoms. The van der Waals surface area contributed by atoms with Gasteiger partial charge in [-0.3, -0.25) is 0 Å². The second-order valence-corrected chi connectivity index (χ2v) is 2.66. The SMILES string of the molecule is COC(=O)c1ccc(N=S=O)c(F)c1. The van der Waals surface area contributed by atoms with Gasteiger partial charge in [0, 0.05) is 0 Å². The van der Waals surface area contributed by atoms with Crippen LogP contribution in [0.4, 0.5) is 10.1 Å². The monoisotopic (exact) mass is 215 g/mol. The molecule has 6 heteroatoms. The summed E-state index contributed by atoms with van der Waals surface area (Å²) in [5.41, 5.74) is -0.00231. The van der Waals surface area contributed by atoms with Crippen molar-refractivity contribution in [3.05, 3.63) is 29.6 Å². The van der Waals surface area contributed by atoms with Crippen molar-refractivity contribution in [1.82, 2.24) is 0 Å². The highest BCUT2D eigenvalue weighted by Gasteiger charge is 2.08. The Bertz CT molecular complexity index is 415. The second-order valence-electron chi connectivity index (χ2n) is 2.32. The number of nitrogens with zero attached hydrogens (tertiary/aromatic N) is 1. The molecule has 1 aromatic carbocycles. The Kier molecular flexibility index (Phi) is 3.47. The molecule has 74 valence electrons. The van der Waals surface area contributed by atoms with E-state index in [-0.39, 0.29) is 22.7 Å². The van der Waals surface area contributed by atoms with E-state index < -0.39 is 11.8 Å². The number of benzene rings is 1. The molecule has 4 nitrogen and oxygen atoms in total. The summed E-state index contributed by atoms with van der Waals surface area (Å²) in [6, 6.07) is 3.55. The Morgan fingerprint density at radius 3 is 2.79 bits per heavy atom. The molecule has 0 aliphatic heterocycles. The highest BCUT2D eigenvalue weighted by Crippen LogP contribution is 2.18. The van der Waals surface area contributed by atoms with Crippen molar-refractivity contribution in [2.75, 3.05) is 7.11 Å². The maximum atomic E-state index is 13.1. The highest BCUT2D eigenvalue weighted by molar-refractivity contribution is 7.54. The number of methoxy groups -OCH3 is 1. The molecule has 0 N–H and O–H groups in total. The Morgan fingerprint density at radius 2 is 2.29 bits per heavy atom. The maximum Gasteiger partial charge on any atom is 0.337 e. The summed E-state index contributed by atoms with van der Waals surface area (Å²) in [5, 5.41) is 0. The van der Waals surface area contributed by atoms with Gasteiger partial charge in [-0.25, -0.2) is 9.18 Å². The lowest BCUT2D eigenvalue weighted by atomic mass is 10.2. The summed E-state index contributed by atoms with van der Waals surface area (Å²) in [7, 11) is 1.20. The number of esters is 1. The molecule has 0 fully saturated rings. The largest absolute Gasteiger partial charge is 0.465 e. The fourth-order valence-electron chi connectivity index (χ4n) is 0.866. The van der Waals surface area contributed by atoms with Crippen LogP contribution in [-0.4, -0.2) is 17.3 Å². The number of ether oxygens (including phenoxy) is 1. The molecule has 14 heavy (non-hydrogen) atoms. The van der Waals surface area contributed by atoms with Crippen LogP contribution in [0.3, 0.4) is 0 Å². The van der Waals surface area contributed by atoms with Gasteiger partial charge < -0.3 is 4.74 Å². The van der Waals surface area contributed by atoms with Crippen LogP contribution in [0.2, 0.25) is 0 Å². The van der Waals surface area contributed by atoms with E-state index in [1.807, 2.05) is 0 Å². The van der Waals surface area contributed by atoms with Crippen molar-refractivity contribution >= 4 is 23.1 Å². The molecule has 0 aliphatic rings. The normalized spacial score (nSPS) is 9.29. The van der Waals surface area contributed by atoms with Gasteiger partial charge in [0.25, 0.3) is 0 Å². The van der Waals surface area contributed by atoms with E-state index >= 15 is 0 Å². The van der Waals surface area contributed by atoms with Crippen LogP contribution >= 0.6 is 0 Å². The quantitative estimate of drug-likeness (QED) is 0.704. The predicted molar refractivity (Wildman–Crippen MR) is 48.0 cm³/mol. The van der Waals surface area contributed by atoms with Crippen molar-refractivity contribution in [1.29, 1.82) is 0 Å². The van der Waals surface area contributed by atoms with E-state index in [4.69, 9.17) is 0 Å². The third-order valence-electron chi connectivity index (χ3n) is 1.50. The topological polar surface area (TPSA) is 55.7 Å². The molecule has 0 saturated carbocycles. The number of carbonyl (C=O) groups is 1. The molecule has 0 saturated heterocycles. The van der Waals surface area contributed by atoms with Crippen molar-refractivity contribution in [3.8, 4) is 0 Å². The molecular weight excluding hydrogens is 209 g/mol. The first-order chi connectivity index (χ1) is 6.69. The van der Waals surface area contributed by atoms with Crippen LogP contribution in [0.15, 0.2) is 22.6 Å². The maximum absolute atomic E-state index is 13.1. The molecule has 0 aliphatic carbocycles. The van der Waals surface area contributed by atoms with Crippen LogP contribution in [0.5, 0.6) is 0 Å². The molecule has 0 heterocycles. The summed E-state index contributed by atoms with van der Waals surface area (Å²) >= 11 is -0.0923. The third kappa shape index (κ3) is 2.23. The zero-order valence-corrected chi connectivity index (χ0v) is 8.01. The summed E-state index contributed by atoms with van der Waals surface area (Å²) in [5.74, 6) is -1.36. The van der Waals surface area contributed by atoms with Crippen LogP contribution in [0, 0.1) is 5.82 Å². The molecule has 1 rings (SSSR count). The summed E-state index contributed by atoms with van der Waals surface area (Å²) in [6.45, 7) is 0. The minimum Gasteiger partial charge on any atom is -0.465 e. The van der Waals surface area contributed by atoms with Gasteiger partial charge in [-0.05, 0) is 18.2 Å². The molecule has 0 bridgehead atoms. The molecule has 0 radical (unpaired) electrons. The van der Waals surface area contributed by atoms with Gasteiger partial charge in [-0.1, -0.05) is 0 Å². The zero-order valence-electron chi connectivity index (χ0n) is 7.19. The van der Waals surface area contributed by atoms with E-state index in [2.05, 4.69) is 9.10 Å². The van der Waals surface area contributed by atoms with E-state index in [0.717, 1.165) is 6.07 Å². The number of carbonyl (C=O) groups excluding carboxylic acids is 1. The van der Waals surface area contributed by atoms with Gasteiger partial charge in [0.1, 0.15) is 5.69 Å². The van der Waals surface area contributed by atoms with Crippen LogP contribution in [0.1, 0.15) is 10.4 Å². The molecule has 0 atom stereocenters. The second kappa shape index (κ2) is 4.61. The molecular formula is C8H6FNO3S. The van der Waals surface area contributed by atoms with Gasteiger partial charge in [0.15, 0.2) is 5.82 Å². The predicted octanol–water partition coefficient (Wildman–Crippen LogP) is 1.64. The average molecular weight is 215 g/mol. The Morgan fingerprint density at radius 1 is 1.57 bits per heavy atom. The van der Waals surface area contributed by atoms with Crippen LogP contribution < -0.4 is 0 Å². The Labute approximate surface area is 82.9 Å². The number of hydrogen-bond acceptors (Lipinski definition) is 4. The standard InChI is InChI=1S/C8H6FNO3S/c1-13-8(11)5-2-3-7(10-14-12)6(9)4-5/h2-4H,1H3. The summed E-state index contributed by atoms with van der Waals surface area (Å²) in [6.07, 6.45) is 0. The first-order valence-electron chi connectivity index (χ1n) is 3.57. The van der Waals surface area contributed by atoms with Gasteiger partial charge in [0.05, 0.1) is 12.7 Å². The van der Waals surface area contributed by atoms with Crippen molar-refractivity contribution in [2.45, 2.75) is 0 Å². The van der Waals surface area contributed by atoms with Crippen LogP contribution in [-0.2, 0) is 16.2 Å². The van der Waals surface area contributed by atoms with E-state index in [1.165, 1.54) is 19.2 Å². The molecule has 0 amide bonds. The Hall–Kier alpha value is -1.56. The fourth-order valence-corrected chi connectivity index (χ4v) is 1.09.